The van der Waals surface area contributed by atoms with Crippen molar-refractivity contribution >= 4 is 22.5 Å². The van der Waals surface area contributed by atoms with Crippen molar-refractivity contribution in [3.05, 3.63) is 74.9 Å². The zero-order chi connectivity index (χ0) is 22.1. The molecule has 0 bridgehead atoms. The SMILES string of the molecule is [C-]#[N+]c1ccc2c(n1)c(N1CCN(Cc3cccc(C)c3)[C@H](C)C1)c(C#N)c(=O)n2C. The lowest BCUT2D eigenvalue weighted by atomic mass is 10.1. The van der Waals surface area contributed by atoms with Crippen LogP contribution < -0.4 is 10.5 Å². The summed E-state index contributed by atoms with van der Waals surface area (Å²) in [6, 6.07) is 14.2. The Morgan fingerprint density at radius 1 is 1.29 bits per heavy atom. The van der Waals surface area contributed by atoms with Gasteiger partial charge in [-0.1, -0.05) is 36.4 Å². The molecule has 31 heavy (non-hydrogen) atoms. The van der Waals surface area contributed by atoms with Crippen LogP contribution in [0.1, 0.15) is 23.6 Å². The summed E-state index contributed by atoms with van der Waals surface area (Å²) in [7, 11) is 1.64. The van der Waals surface area contributed by atoms with Gasteiger partial charge in [0.2, 0.25) is 5.52 Å². The van der Waals surface area contributed by atoms with Crippen molar-refractivity contribution in [3.63, 3.8) is 0 Å². The maximum absolute atomic E-state index is 12.9. The quantitative estimate of drug-likeness (QED) is 0.617. The Balaban J connectivity index is 1.71. The zero-order valence-corrected chi connectivity index (χ0v) is 18.0. The van der Waals surface area contributed by atoms with Gasteiger partial charge in [-0.15, -0.1) is 4.98 Å². The second-order valence-electron chi connectivity index (χ2n) is 8.10. The van der Waals surface area contributed by atoms with E-state index in [0.717, 1.165) is 13.1 Å². The van der Waals surface area contributed by atoms with E-state index in [2.05, 4.69) is 63.8 Å². The molecule has 0 aliphatic carbocycles. The van der Waals surface area contributed by atoms with Crippen molar-refractivity contribution < 1.29 is 0 Å². The molecule has 0 N–H and O–H groups in total. The maximum atomic E-state index is 12.9. The summed E-state index contributed by atoms with van der Waals surface area (Å²) < 4.78 is 1.44. The molecule has 2 aromatic heterocycles. The van der Waals surface area contributed by atoms with Crippen LogP contribution in [-0.2, 0) is 13.6 Å². The number of pyridine rings is 2. The first-order valence-corrected chi connectivity index (χ1v) is 10.3. The van der Waals surface area contributed by atoms with Gasteiger partial charge < -0.3 is 14.3 Å². The van der Waals surface area contributed by atoms with E-state index in [1.54, 1.807) is 19.2 Å². The first kappa shape index (κ1) is 20.6. The lowest BCUT2D eigenvalue weighted by molar-refractivity contribution is 0.181. The minimum absolute atomic E-state index is 0.0870. The average Bonchev–Trinajstić information content (AvgIpc) is 2.77. The summed E-state index contributed by atoms with van der Waals surface area (Å²) in [5.74, 6) is 0.252. The summed E-state index contributed by atoms with van der Waals surface area (Å²) in [5.41, 5.74) is 3.98. The summed E-state index contributed by atoms with van der Waals surface area (Å²) in [5, 5.41) is 9.79. The third-order valence-corrected chi connectivity index (χ3v) is 5.98. The molecule has 7 heteroatoms. The maximum Gasteiger partial charge on any atom is 0.271 e. The fourth-order valence-electron chi connectivity index (χ4n) is 4.33. The normalized spacial score (nSPS) is 16.8. The molecule has 1 atom stereocenters. The van der Waals surface area contributed by atoms with E-state index in [0.29, 0.717) is 29.8 Å². The Labute approximate surface area is 181 Å². The Kier molecular flexibility index (Phi) is 5.46. The van der Waals surface area contributed by atoms with Gasteiger partial charge in [-0.25, -0.2) is 0 Å². The molecule has 1 fully saturated rings. The van der Waals surface area contributed by atoms with Crippen molar-refractivity contribution in [2.45, 2.75) is 26.4 Å². The number of hydrogen-bond donors (Lipinski definition) is 0. The number of rotatable bonds is 3. The predicted molar refractivity (Wildman–Crippen MR) is 121 cm³/mol. The monoisotopic (exact) mass is 412 g/mol. The Morgan fingerprint density at radius 3 is 2.77 bits per heavy atom. The van der Waals surface area contributed by atoms with Crippen molar-refractivity contribution in [2.24, 2.45) is 7.05 Å². The van der Waals surface area contributed by atoms with Gasteiger partial charge in [0.15, 0.2) is 0 Å². The molecular formula is C24H24N6O. The first-order valence-electron chi connectivity index (χ1n) is 10.3. The van der Waals surface area contributed by atoms with Crippen LogP contribution in [0.5, 0.6) is 0 Å². The van der Waals surface area contributed by atoms with Gasteiger partial charge in [0, 0.05) is 39.3 Å². The standard InChI is InChI=1S/C24H24N6O/c1-16-6-5-7-18(12-16)15-29-10-11-30(14-17(29)2)23-19(13-25)24(31)28(4)20-8-9-21(26-3)27-22(20)23/h5-9,12,17H,10-11,14-15H2,1-2,4H3/t17-/m1/s1. The van der Waals surface area contributed by atoms with E-state index in [4.69, 9.17) is 6.57 Å². The summed E-state index contributed by atoms with van der Waals surface area (Å²) in [6.45, 7) is 14.6. The number of aryl methyl sites for hydroxylation is 2. The van der Waals surface area contributed by atoms with Crippen LogP contribution in [0.2, 0.25) is 0 Å². The van der Waals surface area contributed by atoms with Crippen molar-refractivity contribution in [2.75, 3.05) is 24.5 Å². The van der Waals surface area contributed by atoms with Gasteiger partial charge in [0.05, 0.1) is 5.52 Å². The molecule has 0 unspecified atom stereocenters. The fraction of sp³-hybridized carbons (Fsp3) is 0.333. The molecule has 7 nitrogen and oxygen atoms in total. The highest BCUT2D eigenvalue weighted by Gasteiger charge is 2.30. The lowest BCUT2D eigenvalue weighted by Crippen LogP contribution is -2.52. The number of anilines is 1. The minimum atomic E-state index is -0.336. The van der Waals surface area contributed by atoms with E-state index in [1.165, 1.54) is 15.7 Å². The van der Waals surface area contributed by atoms with Crippen LogP contribution in [0, 0.1) is 24.8 Å². The number of hydrogen-bond acceptors (Lipinski definition) is 5. The van der Waals surface area contributed by atoms with Crippen LogP contribution >= 0.6 is 0 Å². The van der Waals surface area contributed by atoms with Gasteiger partial charge in [-0.2, -0.15) is 5.26 Å². The molecule has 1 aliphatic rings. The topological polar surface area (TPSA) is 69.5 Å². The van der Waals surface area contributed by atoms with Crippen LogP contribution in [0.4, 0.5) is 11.5 Å². The molecule has 1 aromatic carbocycles. The number of benzene rings is 1. The van der Waals surface area contributed by atoms with E-state index in [-0.39, 0.29) is 23.0 Å². The second-order valence-corrected chi connectivity index (χ2v) is 8.10. The van der Waals surface area contributed by atoms with Crippen molar-refractivity contribution in [3.8, 4) is 6.07 Å². The third-order valence-electron chi connectivity index (χ3n) is 5.98. The Morgan fingerprint density at radius 2 is 2.10 bits per heavy atom. The molecular weight excluding hydrogens is 388 g/mol. The largest absolute Gasteiger partial charge is 0.364 e. The van der Waals surface area contributed by atoms with E-state index < -0.39 is 0 Å². The van der Waals surface area contributed by atoms with Crippen LogP contribution in [0.3, 0.4) is 0 Å². The molecule has 1 saturated heterocycles. The average molecular weight is 412 g/mol. The van der Waals surface area contributed by atoms with Gasteiger partial charge in [-0.05, 0) is 31.5 Å². The molecule has 0 radical (unpaired) electrons. The molecule has 0 saturated carbocycles. The first-order chi connectivity index (χ1) is 14.9. The highest BCUT2D eigenvalue weighted by molar-refractivity contribution is 5.92. The molecule has 156 valence electrons. The molecule has 4 rings (SSSR count). The molecule has 0 spiro atoms. The van der Waals surface area contributed by atoms with Crippen LogP contribution in [0.15, 0.2) is 41.2 Å². The number of nitriles is 1. The number of aromatic nitrogens is 2. The number of nitrogens with zero attached hydrogens (tertiary/aromatic N) is 6. The van der Waals surface area contributed by atoms with Crippen molar-refractivity contribution in [1.82, 2.24) is 14.5 Å². The molecule has 3 aromatic rings. The highest BCUT2D eigenvalue weighted by Crippen LogP contribution is 2.30. The van der Waals surface area contributed by atoms with E-state index in [9.17, 15) is 10.1 Å². The summed E-state index contributed by atoms with van der Waals surface area (Å²) in [6.07, 6.45) is 0. The summed E-state index contributed by atoms with van der Waals surface area (Å²) in [4.78, 5) is 25.3. The predicted octanol–water partition coefficient (Wildman–Crippen LogP) is 3.38. The number of fused-ring (bicyclic) bond motifs is 1. The van der Waals surface area contributed by atoms with E-state index >= 15 is 0 Å². The summed E-state index contributed by atoms with van der Waals surface area (Å²) >= 11 is 0. The lowest BCUT2D eigenvalue weighted by Gasteiger charge is -2.41. The van der Waals surface area contributed by atoms with Gasteiger partial charge in [0.1, 0.15) is 17.3 Å². The zero-order valence-electron chi connectivity index (χ0n) is 18.0. The minimum Gasteiger partial charge on any atom is -0.364 e. The van der Waals surface area contributed by atoms with Crippen LogP contribution in [0.25, 0.3) is 15.9 Å². The highest BCUT2D eigenvalue weighted by atomic mass is 16.1. The van der Waals surface area contributed by atoms with Gasteiger partial charge in [0.25, 0.3) is 11.4 Å². The van der Waals surface area contributed by atoms with E-state index in [1.807, 2.05) is 0 Å². The molecule has 1 aliphatic heterocycles. The number of piperazine rings is 1. The smallest absolute Gasteiger partial charge is 0.271 e. The fourth-order valence-corrected chi connectivity index (χ4v) is 4.33. The van der Waals surface area contributed by atoms with Crippen molar-refractivity contribution in [1.29, 1.82) is 5.26 Å². The second kappa shape index (κ2) is 8.22. The molecule has 0 amide bonds. The third kappa shape index (κ3) is 3.76. The van der Waals surface area contributed by atoms with Crippen LogP contribution in [-0.4, -0.2) is 40.1 Å². The Bertz CT molecular complexity index is 1300. The van der Waals surface area contributed by atoms with Gasteiger partial charge in [-0.3, -0.25) is 9.69 Å². The van der Waals surface area contributed by atoms with Gasteiger partial charge >= 0.3 is 0 Å². The Hall–Kier alpha value is -3.68. The molecule has 3 heterocycles.